The Morgan fingerprint density at radius 2 is 2.04 bits per heavy atom. The van der Waals surface area contributed by atoms with E-state index in [4.69, 9.17) is 4.74 Å². The molecule has 1 aliphatic rings. The highest BCUT2D eigenvalue weighted by Crippen LogP contribution is 2.40. The van der Waals surface area contributed by atoms with Crippen molar-refractivity contribution < 1.29 is 9.13 Å². The molecule has 23 heavy (non-hydrogen) atoms. The first kappa shape index (κ1) is 14.0. The van der Waals surface area contributed by atoms with Crippen LogP contribution in [-0.2, 0) is 6.54 Å². The largest absolute Gasteiger partial charge is 0.437 e. The van der Waals surface area contributed by atoms with Gasteiger partial charge in [0.25, 0.3) is 0 Å². The van der Waals surface area contributed by atoms with E-state index in [0.29, 0.717) is 11.6 Å². The fraction of sp³-hybridized carbons (Fsp3) is 0.0588. The molecule has 3 aromatic rings. The Morgan fingerprint density at radius 1 is 1.13 bits per heavy atom. The van der Waals surface area contributed by atoms with Gasteiger partial charge in [0.15, 0.2) is 0 Å². The van der Waals surface area contributed by atoms with E-state index >= 15 is 0 Å². The van der Waals surface area contributed by atoms with Crippen LogP contribution in [0.1, 0.15) is 5.56 Å². The number of nitrogens with zero attached hydrogens (tertiary/aromatic N) is 3. The highest BCUT2D eigenvalue weighted by Gasteiger charge is 2.21. The van der Waals surface area contributed by atoms with Crippen molar-refractivity contribution in [2.75, 3.05) is 4.31 Å². The van der Waals surface area contributed by atoms with Crippen LogP contribution in [-0.4, -0.2) is 9.97 Å². The SMILES string of the molecule is Fc1cc(Oc2cnccn2)cc(N2Cc3ccccc3S2)c1. The molecular formula is C17H12FN3OS. The van der Waals surface area contributed by atoms with Crippen LogP contribution in [0, 0.1) is 5.82 Å². The van der Waals surface area contributed by atoms with Gasteiger partial charge in [0.1, 0.15) is 11.6 Å². The predicted octanol–water partition coefficient (Wildman–Crippen LogP) is 4.44. The van der Waals surface area contributed by atoms with Gasteiger partial charge in [-0.05, 0) is 29.6 Å². The van der Waals surface area contributed by atoms with Crippen LogP contribution < -0.4 is 9.04 Å². The van der Waals surface area contributed by atoms with Crippen molar-refractivity contribution in [3.05, 3.63) is 72.4 Å². The summed E-state index contributed by atoms with van der Waals surface area (Å²) in [6, 6.07) is 12.8. The van der Waals surface area contributed by atoms with Gasteiger partial charge in [0, 0.05) is 29.4 Å². The van der Waals surface area contributed by atoms with Gasteiger partial charge in [-0.3, -0.25) is 4.98 Å². The summed E-state index contributed by atoms with van der Waals surface area (Å²) in [5.41, 5.74) is 1.99. The maximum Gasteiger partial charge on any atom is 0.237 e. The first-order chi connectivity index (χ1) is 11.3. The van der Waals surface area contributed by atoms with E-state index in [0.717, 1.165) is 12.2 Å². The summed E-state index contributed by atoms with van der Waals surface area (Å²) in [5.74, 6) is 0.386. The zero-order chi connectivity index (χ0) is 15.6. The number of hydrogen-bond donors (Lipinski definition) is 0. The minimum atomic E-state index is -0.349. The quantitative estimate of drug-likeness (QED) is 0.666. The lowest BCUT2D eigenvalue weighted by Crippen LogP contribution is -2.07. The van der Waals surface area contributed by atoms with Gasteiger partial charge in [0.2, 0.25) is 5.88 Å². The van der Waals surface area contributed by atoms with Crippen molar-refractivity contribution in [2.45, 2.75) is 11.4 Å². The molecule has 6 heteroatoms. The van der Waals surface area contributed by atoms with Gasteiger partial charge in [-0.1, -0.05) is 18.2 Å². The van der Waals surface area contributed by atoms with Crippen LogP contribution in [0.4, 0.5) is 10.1 Å². The smallest absolute Gasteiger partial charge is 0.237 e. The number of ether oxygens (including phenoxy) is 1. The number of benzene rings is 2. The van der Waals surface area contributed by atoms with Crippen LogP contribution >= 0.6 is 11.9 Å². The fourth-order valence-electron chi connectivity index (χ4n) is 2.38. The highest BCUT2D eigenvalue weighted by molar-refractivity contribution is 8.01. The summed E-state index contributed by atoms with van der Waals surface area (Å²) in [7, 11) is 0. The van der Waals surface area contributed by atoms with Gasteiger partial charge in [-0.25, -0.2) is 9.37 Å². The molecule has 2 heterocycles. The molecule has 0 radical (unpaired) electrons. The second-order valence-electron chi connectivity index (χ2n) is 5.03. The summed E-state index contributed by atoms with van der Waals surface area (Å²) < 4.78 is 21.6. The summed E-state index contributed by atoms with van der Waals surface area (Å²) >= 11 is 1.60. The molecular weight excluding hydrogens is 313 g/mol. The molecule has 1 aromatic heterocycles. The number of halogens is 1. The van der Waals surface area contributed by atoms with E-state index in [-0.39, 0.29) is 5.82 Å². The molecule has 0 N–H and O–H groups in total. The Hall–Kier alpha value is -2.60. The Bertz CT molecular complexity index is 819. The van der Waals surface area contributed by atoms with Crippen LogP contribution in [0.25, 0.3) is 0 Å². The molecule has 0 aliphatic carbocycles. The molecule has 0 saturated heterocycles. The summed E-state index contributed by atoms with van der Waals surface area (Å²) in [6.45, 7) is 0.731. The lowest BCUT2D eigenvalue weighted by Gasteiger charge is -2.17. The lowest BCUT2D eigenvalue weighted by atomic mass is 10.2. The average Bonchev–Trinajstić information content (AvgIpc) is 2.99. The molecule has 0 spiro atoms. The number of anilines is 1. The summed E-state index contributed by atoms with van der Waals surface area (Å²) in [5, 5.41) is 0. The van der Waals surface area contributed by atoms with Crippen LogP contribution in [0.3, 0.4) is 0 Å². The van der Waals surface area contributed by atoms with Gasteiger partial charge >= 0.3 is 0 Å². The predicted molar refractivity (Wildman–Crippen MR) is 87.0 cm³/mol. The van der Waals surface area contributed by atoms with E-state index < -0.39 is 0 Å². The maximum atomic E-state index is 14.0. The molecule has 4 nitrogen and oxygen atoms in total. The lowest BCUT2D eigenvalue weighted by molar-refractivity contribution is 0.455. The van der Waals surface area contributed by atoms with Gasteiger partial charge < -0.3 is 9.04 Å². The first-order valence-electron chi connectivity index (χ1n) is 7.06. The van der Waals surface area contributed by atoms with Crippen molar-refractivity contribution in [2.24, 2.45) is 0 Å². The Kier molecular flexibility index (Phi) is 3.59. The van der Waals surface area contributed by atoms with Gasteiger partial charge in [-0.15, -0.1) is 0 Å². The Morgan fingerprint density at radius 3 is 2.87 bits per heavy atom. The molecule has 0 fully saturated rings. The van der Waals surface area contributed by atoms with Crippen LogP contribution in [0.5, 0.6) is 11.6 Å². The second-order valence-corrected chi connectivity index (χ2v) is 6.09. The molecule has 0 atom stereocenters. The standard InChI is InChI=1S/C17H12FN3OS/c18-13-7-14(21-11-12-3-1-2-4-16(12)23-21)9-15(8-13)22-17-10-19-5-6-20-17/h1-10H,11H2. The Labute approximate surface area is 137 Å². The third-order valence-corrected chi connectivity index (χ3v) is 4.56. The van der Waals surface area contributed by atoms with E-state index in [1.807, 2.05) is 16.4 Å². The van der Waals surface area contributed by atoms with Crippen molar-refractivity contribution in [1.82, 2.24) is 9.97 Å². The number of fused-ring (bicyclic) bond motifs is 1. The van der Waals surface area contributed by atoms with E-state index in [2.05, 4.69) is 22.1 Å². The van der Waals surface area contributed by atoms with Crippen molar-refractivity contribution >= 4 is 17.6 Å². The molecule has 4 rings (SSSR count). The fourth-order valence-corrected chi connectivity index (χ4v) is 3.42. The van der Waals surface area contributed by atoms with Gasteiger partial charge in [0.05, 0.1) is 18.4 Å². The van der Waals surface area contributed by atoms with Crippen molar-refractivity contribution in [3.63, 3.8) is 0 Å². The molecule has 1 aliphatic heterocycles. The van der Waals surface area contributed by atoms with Crippen molar-refractivity contribution in [3.8, 4) is 11.6 Å². The third-order valence-electron chi connectivity index (χ3n) is 3.40. The number of hydrogen-bond acceptors (Lipinski definition) is 5. The molecule has 0 saturated carbocycles. The normalized spacial score (nSPS) is 13.0. The molecule has 0 unspecified atom stereocenters. The van der Waals surface area contributed by atoms with E-state index in [9.17, 15) is 4.39 Å². The molecule has 114 valence electrons. The zero-order valence-corrected chi connectivity index (χ0v) is 12.8. The molecule has 0 bridgehead atoms. The molecule has 0 amide bonds. The summed E-state index contributed by atoms with van der Waals surface area (Å²) in [6.07, 6.45) is 4.58. The second kappa shape index (κ2) is 5.89. The number of rotatable bonds is 3. The monoisotopic (exact) mass is 325 g/mol. The highest BCUT2D eigenvalue weighted by atomic mass is 32.2. The third kappa shape index (κ3) is 2.98. The number of aromatic nitrogens is 2. The minimum absolute atomic E-state index is 0.335. The van der Waals surface area contributed by atoms with Gasteiger partial charge in [-0.2, -0.15) is 0 Å². The van der Waals surface area contributed by atoms with Crippen LogP contribution in [0.15, 0.2) is 66.0 Å². The maximum absolute atomic E-state index is 14.0. The zero-order valence-electron chi connectivity index (χ0n) is 12.0. The summed E-state index contributed by atoms with van der Waals surface area (Å²) in [4.78, 5) is 9.16. The average molecular weight is 325 g/mol. The minimum Gasteiger partial charge on any atom is -0.437 e. The van der Waals surface area contributed by atoms with E-state index in [1.54, 1.807) is 24.2 Å². The Balaban J connectivity index is 1.61. The van der Waals surface area contributed by atoms with E-state index in [1.165, 1.54) is 35.0 Å². The first-order valence-corrected chi connectivity index (χ1v) is 7.83. The van der Waals surface area contributed by atoms with Crippen LogP contribution in [0.2, 0.25) is 0 Å². The molecule has 2 aromatic carbocycles. The topological polar surface area (TPSA) is 38.3 Å². The van der Waals surface area contributed by atoms with Crippen molar-refractivity contribution in [1.29, 1.82) is 0 Å².